The van der Waals surface area contributed by atoms with Crippen LogP contribution in [0.1, 0.15) is 32.3 Å². The van der Waals surface area contributed by atoms with Crippen LogP contribution in [0.2, 0.25) is 0 Å². The molecule has 1 fully saturated rings. The Morgan fingerprint density at radius 1 is 1.45 bits per heavy atom. The molecule has 110 valence electrons. The first-order chi connectivity index (χ1) is 9.71. The van der Waals surface area contributed by atoms with E-state index < -0.39 is 0 Å². The van der Waals surface area contributed by atoms with Gasteiger partial charge in [-0.3, -0.25) is 0 Å². The molecule has 0 amide bonds. The van der Waals surface area contributed by atoms with Crippen molar-refractivity contribution in [3.8, 4) is 0 Å². The molecule has 5 heteroatoms. The summed E-state index contributed by atoms with van der Waals surface area (Å²) < 4.78 is 0. The molecule has 1 aliphatic rings. The molecule has 0 unspecified atom stereocenters. The van der Waals surface area contributed by atoms with E-state index in [4.69, 9.17) is 10.9 Å². The molecule has 0 saturated heterocycles. The number of amidine groups is 1. The second-order valence-corrected chi connectivity index (χ2v) is 6.36. The van der Waals surface area contributed by atoms with E-state index in [-0.39, 0.29) is 5.84 Å². The maximum atomic E-state index is 9.09. The topological polar surface area (TPSA) is 61.8 Å². The van der Waals surface area contributed by atoms with Crippen molar-refractivity contribution >= 4 is 23.3 Å². The number of hydrogen-bond donors (Lipinski definition) is 2. The SMILES string of the molecule is CCSc1cccc(N(CC)CC2CC2)c1/C(N)=N/O. The quantitative estimate of drug-likeness (QED) is 0.266. The Kier molecular flexibility index (Phi) is 5.17. The van der Waals surface area contributed by atoms with Crippen molar-refractivity contribution < 1.29 is 5.21 Å². The van der Waals surface area contributed by atoms with Crippen LogP contribution >= 0.6 is 11.8 Å². The van der Waals surface area contributed by atoms with Crippen molar-refractivity contribution in [2.24, 2.45) is 16.8 Å². The van der Waals surface area contributed by atoms with Gasteiger partial charge in [-0.05, 0) is 43.6 Å². The van der Waals surface area contributed by atoms with Gasteiger partial charge < -0.3 is 15.8 Å². The van der Waals surface area contributed by atoms with Crippen LogP contribution < -0.4 is 10.6 Å². The van der Waals surface area contributed by atoms with Crippen LogP contribution in [-0.4, -0.2) is 29.9 Å². The minimum atomic E-state index is 0.200. The number of anilines is 1. The molecule has 3 N–H and O–H groups in total. The van der Waals surface area contributed by atoms with E-state index in [0.29, 0.717) is 0 Å². The van der Waals surface area contributed by atoms with Gasteiger partial charge in [-0.2, -0.15) is 0 Å². The summed E-state index contributed by atoms with van der Waals surface area (Å²) in [4.78, 5) is 3.42. The molecule has 1 aromatic rings. The first kappa shape index (κ1) is 15.0. The highest BCUT2D eigenvalue weighted by atomic mass is 32.2. The summed E-state index contributed by atoms with van der Waals surface area (Å²) in [5.41, 5.74) is 7.87. The molecule has 20 heavy (non-hydrogen) atoms. The van der Waals surface area contributed by atoms with Gasteiger partial charge in [-0.15, -0.1) is 11.8 Å². The minimum Gasteiger partial charge on any atom is -0.409 e. The van der Waals surface area contributed by atoms with E-state index in [1.165, 1.54) is 12.8 Å². The Bertz CT molecular complexity index is 486. The van der Waals surface area contributed by atoms with Crippen molar-refractivity contribution in [2.75, 3.05) is 23.7 Å². The molecule has 0 spiro atoms. The second kappa shape index (κ2) is 6.88. The first-order valence-electron chi connectivity index (χ1n) is 7.19. The predicted molar refractivity (Wildman–Crippen MR) is 86.0 cm³/mol. The lowest BCUT2D eigenvalue weighted by atomic mass is 10.1. The normalized spacial score (nSPS) is 15.4. The van der Waals surface area contributed by atoms with Gasteiger partial charge in [0.2, 0.25) is 0 Å². The van der Waals surface area contributed by atoms with Gasteiger partial charge >= 0.3 is 0 Å². The van der Waals surface area contributed by atoms with Gasteiger partial charge in [0.05, 0.1) is 5.56 Å². The molecule has 0 radical (unpaired) electrons. The van der Waals surface area contributed by atoms with Crippen LogP contribution in [0.25, 0.3) is 0 Å². The highest BCUT2D eigenvalue weighted by molar-refractivity contribution is 7.99. The summed E-state index contributed by atoms with van der Waals surface area (Å²) in [7, 11) is 0. The maximum Gasteiger partial charge on any atom is 0.173 e. The smallest absolute Gasteiger partial charge is 0.173 e. The molecule has 0 bridgehead atoms. The zero-order valence-electron chi connectivity index (χ0n) is 12.2. The Labute approximate surface area is 125 Å². The van der Waals surface area contributed by atoms with Crippen molar-refractivity contribution in [1.29, 1.82) is 0 Å². The van der Waals surface area contributed by atoms with Crippen molar-refractivity contribution in [1.82, 2.24) is 0 Å². The van der Waals surface area contributed by atoms with Crippen LogP contribution in [0.3, 0.4) is 0 Å². The summed E-state index contributed by atoms with van der Waals surface area (Å²) in [5, 5.41) is 12.3. The summed E-state index contributed by atoms with van der Waals surface area (Å²) in [6.07, 6.45) is 2.64. The Morgan fingerprint density at radius 2 is 2.20 bits per heavy atom. The summed E-state index contributed by atoms with van der Waals surface area (Å²) in [5.74, 6) is 1.97. The van der Waals surface area contributed by atoms with Crippen LogP contribution in [0.15, 0.2) is 28.3 Å². The van der Waals surface area contributed by atoms with E-state index in [1.807, 2.05) is 6.07 Å². The molecular formula is C15H23N3OS. The van der Waals surface area contributed by atoms with Gasteiger partial charge in [0, 0.05) is 23.7 Å². The minimum absolute atomic E-state index is 0.200. The van der Waals surface area contributed by atoms with Crippen LogP contribution in [0, 0.1) is 5.92 Å². The zero-order chi connectivity index (χ0) is 14.5. The third-order valence-corrected chi connectivity index (χ3v) is 4.51. The number of rotatable bonds is 7. The Balaban J connectivity index is 2.40. The number of thioether (sulfide) groups is 1. The van der Waals surface area contributed by atoms with Gasteiger partial charge in [0.15, 0.2) is 5.84 Å². The molecular weight excluding hydrogens is 270 g/mol. The largest absolute Gasteiger partial charge is 0.409 e. The summed E-state index contributed by atoms with van der Waals surface area (Å²) in [6.45, 7) is 6.25. The van der Waals surface area contributed by atoms with Gasteiger partial charge in [0.1, 0.15) is 0 Å². The lowest BCUT2D eigenvalue weighted by Gasteiger charge is -2.26. The summed E-state index contributed by atoms with van der Waals surface area (Å²) >= 11 is 1.72. The third-order valence-electron chi connectivity index (χ3n) is 3.57. The highest BCUT2D eigenvalue weighted by Gasteiger charge is 2.26. The number of nitrogens with zero attached hydrogens (tertiary/aromatic N) is 2. The van der Waals surface area contributed by atoms with E-state index in [2.05, 4.69) is 36.0 Å². The number of nitrogens with two attached hydrogens (primary N) is 1. The third kappa shape index (κ3) is 3.39. The average Bonchev–Trinajstić information content (AvgIpc) is 3.28. The maximum absolute atomic E-state index is 9.09. The monoisotopic (exact) mass is 293 g/mol. The van der Waals surface area contributed by atoms with Crippen LogP contribution in [-0.2, 0) is 0 Å². The molecule has 4 nitrogen and oxygen atoms in total. The van der Waals surface area contributed by atoms with Crippen LogP contribution in [0.5, 0.6) is 0 Å². The molecule has 1 aliphatic carbocycles. The molecule has 0 atom stereocenters. The second-order valence-electron chi connectivity index (χ2n) is 5.05. The fourth-order valence-electron chi connectivity index (χ4n) is 2.38. The fourth-order valence-corrected chi connectivity index (χ4v) is 3.22. The standard InChI is InChI=1S/C15H23N3OS/c1-3-18(10-11-8-9-11)12-6-5-7-13(20-4-2)14(12)15(16)17-19/h5-7,11,19H,3-4,8-10H2,1-2H3,(H2,16,17). The molecule has 0 aromatic heterocycles. The summed E-state index contributed by atoms with van der Waals surface area (Å²) in [6, 6.07) is 6.16. The molecule has 1 saturated carbocycles. The van der Waals surface area contributed by atoms with Gasteiger partial charge in [-0.25, -0.2) is 0 Å². The molecule has 1 aromatic carbocycles. The van der Waals surface area contributed by atoms with Crippen LogP contribution in [0.4, 0.5) is 5.69 Å². The number of oxime groups is 1. The lowest BCUT2D eigenvalue weighted by Crippen LogP contribution is -2.29. The lowest BCUT2D eigenvalue weighted by molar-refractivity contribution is 0.318. The highest BCUT2D eigenvalue weighted by Crippen LogP contribution is 2.35. The average molecular weight is 293 g/mol. The van der Waals surface area contributed by atoms with Gasteiger partial charge in [-0.1, -0.05) is 18.1 Å². The fraction of sp³-hybridized carbons (Fsp3) is 0.533. The molecule has 2 rings (SSSR count). The molecule has 0 heterocycles. The number of benzene rings is 1. The first-order valence-corrected chi connectivity index (χ1v) is 8.18. The van der Waals surface area contributed by atoms with Crippen molar-refractivity contribution in [3.63, 3.8) is 0 Å². The Hall–Kier alpha value is -1.36. The van der Waals surface area contributed by atoms with E-state index in [0.717, 1.165) is 40.9 Å². The Morgan fingerprint density at radius 3 is 2.75 bits per heavy atom. The zero-order valence-corrected chi connectivity index (χ0v) is 13.0. The molecule has 0 aliphatic heterocycles. The van der Waals surface area contributed by atoms with E-state index in [1.54, 1.807) is 11.8 Å². The number of hydrogen-bond acceptors (Lipinski definition) is 4. The van der Waals surface area contributed by atoms with E-state index >= 15 is 0 Å². The van der Waals surface area contributed by atoms with Crippen molar-refractivity contribution in [2.45, 2.75) is 31.6 Å². The van der Waals surface area contributed by atoms with Crippen molar-refractivity contribution in [3.05, 3.63) is 23.8 Å². The van der Waals surface area contributed by atoms with Gasteiger partial charge in [0.25, 0.3) is 0 Å². The predicted octanol–water partition coefficient (Wildman–Crippen LogP) is 3.13. The van der Waals surface area contributed by atoms with E-state index in [9.17, 15) is 0 Å².